The topological polar surface area (TPSA) is 24.5 Å². The number of hydrogen-bond acceptors (Lipinski definition) is 3. The lowest BCUT2D eigenvalue weighted by atomic mass is 9.93. The summed E-state index contributed by atoms with van der Waals surface area (Å²) >= 11 is 0. The maximum atomic E-state index is 5.88. The van der Waals surface area contributed by atoms with Crippen LogP contribution in [0.5, 0.6) is 0 Å². The van der Waals surface area contributed by atoms with Crippen molar-refractivity contribution in [2.45, 2.75) is 51.2 Å². The first-order valence-electron chi connectivity index (χ1n) is 6.72. The third-order valence-corrected chi connectivity index (χ3v) is 3.25. The van der Waals surface area contributed by atoms with Crippen LogP contribution in [-0.4, -0.2) is 50.8 Å². The maximum Gasteiger partial charge on any atom is 0.0596 e. The first kappa shape index (κ1) is 13.9. The second-order valence-corrected chi connectivity index (χ2v) is 5.10. The summed E-state index contributed by atoms with van der Waals surface area (Å²) < 4.78 is 5.88. The van der Waals surface area contributed by atoms with E-state index in [1.165, 1.54) is 32.1 Å². The van der Waals surface area contributed by atoms with E-state index in [4.69, 9.17) is 4.74 Å². The second-order valence-electron chi connectivity index (χ2n) is 5.10. The molecule has 0 heterocycles. The lowest BCUT2D eigenvalue weighted by Gasteiger charge is -2.29. The molecule has 1 saturated carbocycles. The summed E-state index contributed by atoms with van der Waals surface area (Å²) in [5.41, 5.74) is 0. The molecular formula is C13H28N2O. The Kier molecular flexibility index (Phi) is 7.01. The largest absolute Gasteiger partial charge is 0.377 e. The van der Waals surface area contributed by atoms with Gasteiger partial charge in [-0.05, 0) is 52.7 Å². The van der Waals surface area contributed by atoms with Gasteiger partial charge in [-0.3, -0.25) is 0 Å². The molecule has 1 rings (SSSR count). The minimum atomic E-state index is 0.514. The molecule has 0 spiro atoms. The van der Waals surface area contributed by atoms with Crippen molar-refractivity contribution in [3.05, 3.63) is 0 Å². The van der Waals surface area contributed by atoms with Gasteiger partial charge in [0, 0.05) is 12.6 Å². The van der Waals surface area contributed by atoms with Crippen LogP contribution in [-0.2, 0) is 4.74 Å². The van der Waals surface area contributed by atoms with Crippen LogP contribution in [0, 0.1) is 0 Å². The first-order valence-corrected chi connectivity index (χ1v) is 6.72. The Hall–Kier alpha value is -0.120. The molecule has 0 aromatic carbocycles. The van der Waals surface area contributed by atoms with Crippen LogP contribution in [0.4, 0.5) is 0 Å². The molecule has 1 aliphatic carbocycles. The van der Waals surface area contributed by atoms with Crippen molar-refractivity contribution < 1.29 is 4.74 Å². The maximum absolute atomic E-state index is 5.88. The summed E-state index contributed by atoms with van der Waals surface area (Å²) in [6.07, 6.45) is 6.78. The molecule has 1 fully saturated rings. The SMILES string of the molecule is CCCNC1CCC(OCCN(C)C)CC1. The summed E-state index contributed by atoms with van der Waals surface area (Å²) in [4.78, 5) is 2.18. The third-order valence-electron chi connectivity index (χ3n) is 3.25. The smallest absolute Gasteiger partial charge is 0.0596 e. The van der Waals surface area contributed by atoms with E-state index in [-0.39, 0.29) is 0 Å². The van der Waals surface area contributed by atoms with Gasteiger partial charge < -0.3 is 15.0 Å². The monoisotopic (exact) mass is 228 g/mol. The standard InChI is InChI=1S/C13H28N2O/c1-4-9-14-12-5-7-13(8-6-12)16-11-10-15(2)3/h12-14H,4-11H2,1-3H3. The van der Waals surface area contributed by atoms with Crippen molar-refractivity contribution in [3.8, 4) is 0 Å². The first-order chi connectivity index (χ1) is 7.72. The van der Waals surface area contributed by atoms with Gasteiger partial charge in [0.2, 0.25) is 0 Å². The average molecular weight is 228 g/mol. The molecule has 0 saturated heterocycles. The Bertz CT molecular complexity index is 165. The highest BCUT2D eigenvalue weighted by Crippen LogP contribution is 2.21. The van der Waals surface area contributed by atoms with Gasteiger partial charge in [-0.1, -0.05) is 6.92 Å². The second kappa shape index (κ2) is 8.04. The van der Waals surface area contributed by atoms with Gasteiger partial charge >= 0.3 is 0 Å². The van der Waals surface area contributed by atoms with Crippen LogP contribution in [0.1, 0.15) is 39.0 Å². The minimum Gasteiger partial charge on any atom is -0.377 e. The van der Waals surface area contributed by atoms with Gasteiger partial charge in [-0.15, -0.1) is 0 Å². The van der Waals surface area contributed by atoms with Crippen LogP contribution >= 0.6 is 0 Å². The number of rotatable bonds is 7. The van der Waals surface area contributed by atoms with E-state index in [2.05, 4.69) is 31.2 Å². The fourth-order valence-electron chi connectivity index (χ4n) is 2.18. The highest BCUT2D eigenvalue weighted by molar-refractivity contribution is 4.77. The number of hydrogen-bond donors (Lipinski definition) is 1. The summed E-state index contributed by atoms with van der Waals surface area (Å²) in [6.45, 7) is 5.30. The van der Waals surface area contributed by atoms with Crippen LogP contribution < -0.4 is 5.32 Å². The van der Waals surface area contributed by atoms with Gasteiger partial charge in [0.05, 0.1) is 12.7 Å². The van der Waals surface area contributed by atoms with Crippen molar-refractivity contribution in [2.75, 3.05) is 33.8 Å². The molecule has 0 aromatic heterocycles. The molecule has 0 aliphatic heterocycles. The predicted molar refractivity (Wildman–Crippen MR) is 68.8 cm³/mol. The lowest BCUT2D eigenvalue weighted by Crippen LogP contribution is -2.36. The summed E-state index contributed by atoms with van der Waals surface area (Å²) in [7, 11) is 4.18. The van der Waals surface area contributed by atoms with Gasteiger partial charge in [0.1, 0.15) is 0 Å². The average Bonchev–Trinajstić information content (AvgIpc) is 2.27. The van der Waals surface area contributed by atoms with Crippen molar-refractivity contribution in [1.29, 1.82) is 0 Å². The summed E-state index contributed by atoms with van der Waals surface area (Å²) in [5.74, 6) is 0. The van der Waals surface area contributed by atoms with E-state index in [9.17, 15) is 0 Å². The highest BCUT2D eigenvalue weighted by Gasteiger charge is 2.20. The molecule has 0 bridgehead atoms. The summed E-state index contributed by atoms with van der Waals surface area (Å²) in [6, 6.07) is 0.744. The van der Waals surface area contributed by atoms with E-state index in [0.717, 1.165) is 25.7 Å². The van der Waals surface area contributed by atoms with E-state index in [1.54, 1.807) is 0 Å². The Balaban J connectivity index is 2.03. The Morgan fingerprint density at radius 2 is 1.88 bits per heavy atom. The molecule has 0 atom stereocenters. The number of ether oxygens (including phenoxy) is 1. The molecule has 0 unspecified atom stereocenters. The molecule has 16 heavy (non-hydrogen) atoms. The quantitative estimate of drug-likeness (QED) is 0.720. The molecule has 3 heteroatoms. The van der Waals surface area contributed by atoms with E-state index in [1.807, 2.05) is 0 Å². The zero-order valence-corrected chi connectivity index (χ0v) is 11.2. The van der Waals surface area contributed by atoms with Gasteiger partial charge in [-0.2, -0.15) is 0 Å². The van der Waals surface area contributed by atoms with E-state index < -0.39 is 0 Å². The molecule has 1 N–H and O–H groups in total. The third kappa shape index (κ3) is 5.83. The predicted octanol–water partition coefficient (Wildman–Crippen LogP) is 1.88. The van der Waals surface area contributed by atoms with Crippen LogP contribution in [0.3, 0.4) is 0 Å². The zero-order chi connectivity index (χ0) is 11.8. The van der Waals surface area contributed by atoms with Crippen LogP contribution in [0.15, 0.2) is 0 Å². The number of nitrogens with zero attached hydrogens (tertiary/aromatic N) is 1. The van der Waals surface area contributed by atoms with Gasteiger partial charge in [0.15, 0.2) is 0 Å². The van der Waals surface area contributed by atoms with Gasteiger partial charge in [0.25, 0.3) is 0 Å². The molecule has 96 valence electrons. The summed E-state index contributed by atoms with van der Waals surface area (Å²) in [5, 5.41) is 3.60. The molecular weight excluding hydrogens is 200 g/mol. The number of nitrogens with one attached hydrogen (secondary N) is 1. The van der Waals surface area contributed by atoms with Crippen molar-refractivity contribution in [3.63, 3.8) is 0 Å². The van der Waals surface area contributed by atoms with Crippen molar-refractivity contribution in [1.82, 2.24) is 10.2 Å². The zero-order valence-electron chi connectivity index (χ0n) is 11.2. The number of likely N-dealkylation sites (N-methyl/N-ethyl adjacent to an activating group) is 1. The Morgan fingerprint density at radius 3 is 2.44 bits per heavy atom. The Morgan fingerprint density at radius 1 is 1.19 bits per heavy atom. The van der Waals surface area contributed by atoms with Crippen LogP contribution in [0.25, 0.3) is 0 Å². The van der Waals surface area contributed by atoms with Crippen molar-refractivity contribution in [2.24, 2.45) is 0 Å². The van der Waals surface area contributed by atoms with Crippen LogP contribution in [0.2, 0.25) is 0 Å². The fraction of sp³-hybridized carbons (Fsp3) is 1.00. The molecule has 3 nitrogen and oxygen atoms in total. The van der Waals surface area contributed by atoms with E-state index >= 15 is 0 Å². The van der Waals surface area contributed by atoms with Gasteiger partial charge in [-0.25, -0.2) is 0 Å². The fourth-order valence-corrected chi connectivity index (χ4v) is 2.18. The minimum absolute atomic E-state index is 0.514. The lowest BCUT2D eigenvalue weighted by molar-refractivity contribution is 0.0160. The van der Waals surface area contributed by atoms with E-state index in [0.29, 0.717) is 6.10 Å². The normalized spacial score (nSPS) is 26.2. The molecule has 0 aromatic rings. The molecule has 1 aliphatic rings. The molecule has 0 radical (unpaired) electrons. The van der Waals surface area contributed by atoms with Crippen molar-refractivity contribution >= 4 is 0 Å². The molecule has 0 amide bonds. The highest BCUT2D eigenvalue weighted by atomic mass is 16.5. The Labute approximate surface area is 101 Å².